The lowest BCUT2D eigenvalue weighted by atomic mass is 10.3. The Balaban J connectivity index is 2.05. The van der Waals surface area contributed by atoms with E-state index in [0.717, 1.165) is 0 Å². The Bertz CT molecular complexity index is 1100. The summed E-state index contributed by atoms with van der Waals surface area (Å²) in [6.45, 7) is 2.20. The van der Waals surface area contributed by atoms with E-state index in [1.807, 2.05) is 0 Å². The lowest BCUT2D eigenvalue weighted by Gasteiger charge is -2.12. The molecule has 2 aromatic carbocycles. The van der Waals surface area contributed by atoms with Crippen molar-refractivity contribution in [1.29, 1.82) is 0 Å². The van der Waals surface area contributed by atoms with Crippen LogP contribution in [0.5, 0.6) is 5.75 Å². The van der Waals surface area contributed by atoms with Gasteiger partial charge >= 0.3 is 5.76 Å². The van der Waals surface area contributed by atoms with E-state index in [4.69, 9.17) is 20.8 Å². The van der Waals surface area contributed by atoms with E-state index in [-0.39, 0.29) is 21.4 Å². The van der Waals surface area contributed by atoms with E-state index in [1.165, 1.54) is 48.1 Å². The topological polar surface area (TPSA) is 90.5 Å². The third-order valence-electron chi connectivity index (χ3n) is 3.65. The molecule has 0 aliphatic heterocycles. The van der Waals surface area contributed by atoms with Crippen LogP contribution < -0.4 is 15.2 Å². The number of nitrogens with zero attached hydrogens (tertiary/aromatic N) is 1. The van der Waals surface area contributed by atoms with Crippen LogP contribution >= 0.6 is 11.6 Å². The first kappa shape index (κ1) is 17.4. The molecule has 9 heteroatoms. The van der Waals surface area contributed by atoms with E-state index in [0.29, 0.717) is 17.6 Å². The molecular formula is C16H15ClN2O5S. The van der Waals surface area contributed by atoms with Gasteiger partial charge in [0.05, 0.1) is 18.3 Å². The van der Waals surface area contributed by atoms with Gasteiger partial charge in [0.25, 0.3) is 10.0 Å². The van der Waals surface area contributed by atoms with Gasteiger partial charge in [-0.25, -0.2) is 13.2 Å². The highest BCUT2D eigenvalue weighted by Gasteiger charge is 2.21. The first-order valence-corrected chi connectivity index (χ1v) is 9.21. The van der Waals surface area contributed by atoms with Crippen LogP contribution in [0.2, 0.25) is 5.02 Å². The van der Waals surface area contributed by atoms with E-state index in [1.54, 1.807) is 6.92 Å². The number of benzene rings is 2. The maximum atomic E-state index is 12.7. The molecule has 7 nitrogen and oxygen atoms in total. The normalized spacial score (nSPS) is 11.6. The summed E-state index contributed by atoms with van der Waals surface area (Å²) < 4.78 is 39.5. The minimum atomic E-state index is -3.94. The van der Waals surface area contributed by atoms with Crippen LogP contribution in [-0.2, 0) is 16.6 Å². The molecule has 0 spiro atoms. The second kappa shape index (κ2) is 6.45. The Morgan fingerprint density at radius 1 is 1.24 bits per heavy atom. The number of hydrogen-bond acceptors (Lipinski definition) is 5. The van der Waals surface area contributed by atoms with E-state index >= 15 is 0 Å². The van der Waals surface area contributed by atoms with Gasteiger partial charge in [-0.05, 0) is 43.3 Å². The zero-order valence-corrected chi connectivity index (χ0v) is 15.0. The fourth-order valence-electron chi connectivity index (χ4n) is 2.50. The molecule has 0 aliphatic carbocycles. The number of sulfonamides is 1. The highest BCUT2D eigenvalue weighted by Crippen LogP contribution is 2.29. The average molecular weight is 383 g/mol. The fourth-order valence-corrected chi connectivity index (χ4v) is 3.98. The number of halogens is 1. The van der Waals surface area contributed by atoms with E-state index < -0.39 is 15.8 Å². The Morgan fingerprint density at radius 3 is 2.68 bits per heavy atom. The third-order valence-corrected chi connectivity index (χ3v) is 5.29. The maximum absolute atomic E-state index is 12.7. The van der Waals surface area contributed by atoms with Gasteiger partial charge in [0.15, 0.2) is 5.58 Å². The molecule has 0 atom stereocenters. The van der Waals surface area contributed by atoms with Gasteiger partial charge in [-0.15, -0.1) is 0 Å². The summed E-state index contributed by atoms with van der Waals surface area (Å²) in [5, 5.41) is 0.270. The first-order chi connectivity index (χ1) is 11.9. The van der Waals surface area contributed by atoms with Crippen molar-refractivity contribution in [3.63, 3.8) is 0 Å². The molecule has 1 N–H and O–H groups in total. The van der Waals surface area contributed by atoms with Crippen molar-refractivity contribution < 1.29 is 17.6 Å². The van der Waals surface area contributed by atoms with Crippen LogP contribution in [0.3, 0.4) is 0 Å². The van der Waals surface area contributed by atoms with Crippen molar-refractivity contribution in [2.24, 2.45) is 0 Å². The van der Waals surface area contributed by atoms with Gasteiger partial charge in [0.2, 0.25) is 0 Å². The van der Waals surface area contributed by atoms with Gasteiger partial charge in [-0.2, -0.15) is 0 Å². The summed E-state index contributed by atoms with van der Waals surface area (Å²) in [6.07, 6.45) is 0. The molecule has 0 amide bonds. The Kier molecular flexibility index (Phi) is 4.49. The average Bonchev–Trinajstić information content (AvgIpc) is 2.89. The zero-order chi connectivity index (χ0) is 18.2. The molecule has 0 bridgehead atoms. The first-order valence-electron chi connectivity index (χ1n) is 7.35. The summed E-state index contributed by atoms with van der Waals surface area (Å²) in [4.78, 5) is 11.7. The Labute approximate surface area is 148 Å². The molecule has 132 valence electrons. The van der Waals surface area contributed by atoms with Gasteiger partial charge in [-0.1, -0.05) is 11.6 Å². The largest absolute Gasteiger partial charge is 0.495 e. The quantitative estimate of drug-likeness (QED) is 0.732. The van der Waals surface area contributed by atoms with Crippen molar-refractivity contribution in [2.75, 3.05) is 11.8 Å². The van der Waals surface area contributed by atoms with Crippen molar-refractivity contribution in [3.8, 4) is 5.75 Å². The van der Waals surface area contributed by atoms with E-state index in [9.17, 15) is 13.2 Å². The minimum Gasteiger partial charge on any atom is -0.495 e. The molecule has 3 rings (SSSR count). The highest BCUT2D eigenvalue weighted by atomic mass is 35.5. The number of hydrogen-bond donors (Lipinski definition) is 1. The Hall–Kier alpha value is -2.45. The summed E-state index contributed by atoms with van der Waals surface area (Å²) in [5.41, 5.74) is 1.18. The zero-order valence-electron chi connectivity index (χ0n) is 13.4. The molecule has 3 aromatic rings. The molecule has 1 heterocycles. The summed E-state index contributed by atoms with van der Waals surface area (Å²) in [7, 11) is -2.56. The van der Waals surface area contributed by atoms with Gasteiger partial charge in [0.1, 0.15) is 10.6 Å². The molecule has 0 radical (unpaired) electrons. The molecule has 0 aliphatic rings. The molecule has 25 heavy (non-hydrogen) atoms. The lowest BCUT2D eigenvalue weighted by Crippen LogP contribution is -2.15. The number of fused-ring (bicyclic) bond motifs is 1. The predicted molar refractivity (Wildman–Crippen MR) is 95.0 cm³/mol. The van der Waals surface area contributed by atoms with Crippen LogP contribution in [0.1, 0.15) is 6.92 Å². The maximum Gasteiger partial charge on any atom is 0.419 e. The summed E-state index contributed by atoms with van der Waals surface area (Å²) in [5.74, 6) is -0.319. The van der Waals surface area contributed by atoms with Gasteiger partial charge in [-0.3, -0.25) is 9.29 Å². The summed E-state index contributed by atoms with van der Waals surface area (Å²) >= 11 is 5.91. The number of anilines is 1. The SMILES string of the molecule is CCn1c(=O)oc2ccc(NS(=O)(=O)c3cc(Cl)ccc3OC)cc21. The number of oxazole rings is 1. The van der Waals surface area contributed by atoms with Crippen LogP contribution in [-0.4, -0.2) is 20.1 Å². The van der Waals surface area contributed by atoms with E-state index in [2.05, 4.69) is 4.72 Å². The van der Waals surface area contributed by atoms with Crippen LogP contribution in [0.25, 0.3) is 11.1 Å². The smallest absolute Gasteiger partial charge is 0.419 e. The highest BCUT2D eigenvalue weighted by molar-refractivity contribution is 7.92. The van der Waals surface area contributed by atoms with Crippen LogP contribution in [0.4, 0.5) is 5.69 Å². The third kappa shape index (κ3) is 3.22. The van der Waals surface area contributed by atoms with Gasteiger partial charge in [0, 0.05) is 11.6 Å². The van der Waals surface area contributed by atoms with Crippen molar-refractivity contribution >= 4 is 38.4 Å². The second-order valence-electron chi connectivity index (χ2n) is 5.20. The predicted octanol–water partition coefficient (Wildman–Crippen LogP) is 3.08. The second-order valence-corrected chi connectivity index (χ2v) is 7.28. The standard InChI is InChI=1S/C16H15ClN2O5S/c1-3-19-12-9-11(5-7-13(12)24-16(19)20)18-25(21,22)15-8-10(17)4-6-14(15)23-2/h4-9,18H,3H2,1-2H3. The molecule has 0 unspecified atom stereocenters. The molecule has 0 fully saturated rings. The number of aryl methyl sites for hydroxylation is 1. The number of methoxy groups -OCH3 is 1. The van der Waals surface area contributed by atoms with Crippen molar-refractivity contribution in [1.82, 2.24) is 4.57 Å². The van der Waals surface area contributed by atoms with Gasteiger partial charge < -0.3 is 9.15 Å². The molecule has 0 saturated carbocycles. The number of rotatable bonds is 5. The minimum absolute atomic E-state index is 0.0809. The van der Waals surface area contributed by atoms with Crippen LogP contribution in [0, 0.1) is 0 Å². The number of aromatic nitrogens is 1. The number of ether oxygens (including phenoxy) is 1. The Morgan fingerprint density at radius 2 is 2.00 bits per heavy atom. The monoisotopic (exact) mass is 382 g/mol. The molecule has 1 aromatic heterocycles. The van der Waals surface area contributed by atoms with Crippen LogP contribution in [0.15, 0.2) is 50.5 Å². The molecule has 0 saturated heterocycles. The summed E-state index contributed by atoms with van der Waals surface area (Å²) in [6, 6.07) is 8.91. The lowest BCUT2D eigenvalue weighted by molar-refractivity contribution is 0.403. The molecular weight excluding hydrogens is 368 g/mol. The fraction of sp³-hybridized carbons (Fsp3) is 0.188. The number of nitrogens with one attached hydrogen (secondary N) is 1. The van der Waals surface area contributed by atoms with Crippen molar-refractivity contribution in [3.05, 3.63) is 52.0 Å². The van der Waals surface area contributed by atoms with Crippen molar-refractivity contribution in [2.45, 2.75) is 18.4 Å².